The van der Waals surface area contributed by atoms with Gasteiger partial charge in [-0.05, 0) is 38.5 Å². The van der Waals surface area contributed by atoms with E-state index in [0.717, 1.165) is 38.5 Å². The van der Waals surface area contributed by atoms with Crippen molar-refractivity contribution >= 4 is 11.9 Å². The summed E-state index contributed by atoms with van der Waals surface area (Å²) < 4.78 is 10.6. The summed E-state index contributed by atoms with van der Waals surface area (Å²) in [5.74, 6) is -0.590. The first kappa shape index (κ1) is 39.6. The minimum absolute atomic E-state index is 0.0621. The molecule has 242 valence electrons. The molecule has 0 amide bonds. The molecular formula is C36H68O5. The number of esters is 2. The van der Waals surface area contributed by atoms with E-state index in [1.807, 2.05) is 0 Å². The fourth-order valence-corrected chi connectivity index (χ4v) is 5.08. The molecule has 0 aromatic rings. The van der Waals surface area contributed by atoms with E-state index in [2.05, 4.69) is 26.0 Å². The van der Waals surface area contributed by atoms with Crippen LogP contribution in [0.25, 0.3) is 0 Å². The Bertz CT molecular complexity index is 589. The van der Waals surface area contributed by atoms with Gasteiger partial charge in [0.25, 0.3) is 0 Å². The zero-order valence-electron chi connectivity index (χ0n) is 27.3. The molecule has 5 nitrogen and oxygen atoms in total. The van der Waals surface area contributed by atoms with Crippen LogP contribution in [0, 0.1) is 0 Å². The van der Waals surface area contributed by atoms with Crippen LogP contribution in [0.15, 0.2) is 12.2 Å². The molecule has 0 saturated heterocycles. The van der Waals surface area contributed by atoms with Gasteiger partial charge >= 0.3 is 11.9 Å². The average molecular weight is 581 g/mol. The molecule has 0 fully saturated rings. The van der Waals surface area contributed by atoms with Crippen molar-refractivity contribution in [1.82, 2.24) is 0 Å². The van der Waals surface area contributed by atoms with Gasteiger partial charge in [-0.3, -0.25) is 9.59 Å². The number of carbonyl (C=O) groups is 2. The van der Waals surface area contributed by atoms with Gasteiger partial charge in [-0.1, -0.05) is 148 Å². The van der Waals surface area contributed by atoms with Crippen molar-refractivity contribution < 1.29 is 24.2 Å². The van der Waals surface area contributed by atoms with Crippen LogP contribution in [0.4, 0.5) is 0 Å². The molecule has 0 aromatic heterocycles. The van der Waals surface area contributed by atoms with Crippen LogP contribution in [0.2, 0.25) is 0 Å². The van der Waals surface area contributed by atoms with Crippen LogP contribution >= 0.6 is 0 Å². The molecule has 0 aliphatic carbocycles. The number of aliphatic hydroxyl groups excluding tert-OH is 1. The van der Waals surface area contributed by atoms with E-state index < -0.39 is 6.10 Å². The lowest BCUT2D eigenvalue weighted by atomic mass is 10.0. The summed E-state index contributed by atoms with van der Waals surface area (Å²) in [5, 5.41) is 9.51. The van der Waals surface area contributed by atoms with Crippen molar-refractivity contribution in [3.63, 3.8) is 0 Å². The molecule has 0 spiro atoms. The summed E-state index contributed by atoms with van der Waals surface area (Å²) in [6.45, 7) is 4.12. The molecule has 0 rings (SSSR count). The highest BCUT2D eigenvalue weighted by Crippen LogP contribution is 2.14. The maximum atomic E-state index is 12.1. The zero-order chi connectivity index (χ0) is 30.1. The van der Waals surface area contributed by atoms with Gasteiger partial charge in [0.05, 0.1) is 6.61 Å². The van der Waals surface area contributed by atoms with E-state index in [4.69, 9.17) is 9.47 Å². The largest absolute Gasteiger partial charge is 0.462 e. The predicted octanol–water partition coefficient (Wildman–Crippen LogP) is 10.6. The van der Waals surface area contributed by atoms with Crippen molar-refractivity contribution in [3.05, 3.63) is 12.2 Å². The Morgan fingerprint density at radius 1 is 0.537 bits per heavy atom. The first-order valence-corrected chi connectivity index (χ1v) is 17.7. The smallest absolute Gasteiger partial charge is 0.306 e. The molecule has 0 bridgehead atoms. The van der Waals surface area contributed by atoms with Crippen LogP contribution < -0.4 is 0 Å². The first-order valence-electron chi connectivity index (χ1n) is 17.7. The van der Waals surface area contributed by atoms with E-state index in [1.54, 1.807) is 0 Å². The van der Waals surface area contributed by atoms with Crippen LogP contribution in [-0.2, 0) is 19.1 Å². The number of ether oxygens (including phenoxy) is 2. The molecular weight excluding hydrogens is 512 g/mol. The molecule has 5 heteroatoms. The van der Waals surface area contributed by atoms with Crippen molar-refractivity contribution in [2.24, 2.45) is 0 Å². The lowest BCUT2D eigenvalue weighted by molar-refractivity contribution is -0.161. The molecule has 0 aromatic carbocycles. The molecule has 1 atom stereocenters. The third-order valence-electron chi connectivity index (χ3n) is 7.81. The Labute approximate surface area is 254 Å². The lowest BCUT2D eigenvalue weighted by Crippen LogP contribution is -2.28. The molecule has 0 aliphatic heterocycles. The fourth-order valence-electron chi connectivity index (χ4n) is 5.08. The number of carbonyl (C=O) groups excluding carboxylic acids is 2. The summed E-state index contributed by atoms with van der Waals surface area (Å²) in [6, 6.07) is 0. The minimum Gasteiger partial charge on any atom is -0.462 e. The van der Waals surface area contributed by atoms with Crippen LogP contribution in [-0.4, -0.2) is 36.4 Å². The van der Waals surface area contributed by atoms with E-state index >= 15 is 0 Å². The van der Waals surface area contributed by atoms with Crippen molar-refractivity contribution in [3.8, 4) is 0 Å². The first-order chi connectivity index (χ1) is 20.1. The summed E-state index contributed by atoms with van der Waals surface area (Å²) >= 11 is 0. The second-order valence-electron chi connectivity index (χ2n) is 12.0. The Balaban J connectivity index is 3.55. The summed E-state index contributed by atoms with van der Waals surface area (Å²) in [6.07, 6.45) is 35.5. The van der Waals surface area contributed by atoms with Crippen LogP contribution in [0.5, 0.6) is 0 Å². The molecule has 0 heterocycles. The minimum atomic E-state index is -0.765. The van der Waals surface area contributed by atoms with Gasteiger partial charge in [0.2, 0.25) is 0 Å². The molecule has 1 N–H and O–H groups in total. The third kappa shape index (κ3) is 31.4. The van der Waals surface area contributed by atoms with Gasteiger partial charge in [-0.2, -0.15) is 0 Å². The number of hydrogen-bond donors (Lipinski definition) is 1. The number of aliphatic hydroxyl groups is 1. The maximum Gasteiger partial charge on any atom is 0.306 e. The highest BCUT2D eigenvalue weighted by Gasteiger charge is 2.16. The zero-order valence-corrected chi connectivity index (χ0v) is 27.3. The fraction of sp³-hybridized carbons (Fsp3) is 0.889. The predicted molar refractivity (Wildman–Crippen MR) is 173 cm³/mol. The Hall–Kier alpha value is -1.36. The number of rotatable bonds is 32. The summed E-state index contributed by atoms with van der Waals surface area (Å²) in [7, 11) is 0. The molecule has 41 heavy (non-hydrogen) atoms. The maximum absolute atomic E-state index is 12.1. The van der Waals surface area contributed by atoms with Gasteiger partial charge in [-0.25, -0.2) is 0 Å². The van der Waals surface area contributed by atoms with Gasteiger partial charge in [0.1, 0.15) is 6.61 Å². The number of allylic oxidation sites excluding steroid dienone is 2. The van der Waals surface area contributed by atoms with Crippen molar-refractivity contribution in [2.45, 2.75) is 193 Å². The van der Waals surface area contributed by atoms with Crippen LogP contribution in [0.3, 0.4) is 0 Å². The molecule has 0 radical (unpaired) electrons. The highest BCUT2D eigenvalue weighted by atomic mass is 16.6. The third-order valence-corrected chi connectivity index (χ3v) is 7.81. The topological polar surface area (TPSA) is 72.8 Å². The normalized spacial score (nSPS) is 12.2. The monoisotopic (exact) mass is 581 g/mol. The summed E-state index contributed by atoms with van der Waals surface area (Å²) in [5.41, 5.74) is 0. The van der Waals surface area contributed by atoms with E-state index in [-0.39, 0.29) is 25.2 Å². The van der Waals surface area contributed by atoms with E-state index in [0.29, 0.717) is 12.8 Å². The van der Waals surface area contributed by atoms with Crippen molar-refractivity contribution in [2.75, 3.05) is 13.2 Å². The molecule has 0 saturated carbocycles. The quantitative estimate of drug-likeness (QED) is 0.0487. The summed E-state index contributed by atoms with van der Waals surface area (Å²) in [4.78, 5) is 24.1. The number of unbranched alkanes of at least 4 members (excludes halogenated alkanes) is 22. The van der Waals surface area contributed by atoms with Gasteiger partial charge in [0.15, 0.2) is 6.10 Å². The molecule has 1 unspecified atom stereocenters. The van der Waals surface area contributed by atoms with Gasteiger partial charge in [-0.15, -0.1) is 0 Å². The second-order valence-corrected chi connectivity index (χ2v) is 12.0. The Kier molecular flexibility index (Phi) is 32.0. The van der Waals surface area contributed by atoms with Gasteiger partial charge < -0.3 is 14.6 Å². The second kappa shape index (κ2) is 33.1. The average Bonchev–Trinajstić information content (AvgIpc) is 2.97. The Morgan fingerprint density at radius 2 is 0.902 bits per heavy atom. The lowest BCUT2D eigenvalue weighted by Gasteiger charge is -2.15. The Morgan fingerprint density at radius 3 is 1.34 bits per heavy atom. The number of hydrogen-bond acceptors (Lipinski definition) is 5. The van der Waals surface area contributed by atoms with Gasteiger partial charge in [0, 0.05) is 12.8 Å². The van der Waals surface area contributed by atoms with Crippen LogP contribution in [0.1, 0.15) is 187 Å². The highest BCUT2D eigenvalue weighted by molar-refractivity contribution is 5.70. The van der Waals surface area contributed by atoms with E-state index in [9.17, 15) is 14.7 Å². The SMILES string of the molecule is CCCCCCC=CCCCCCCCCCC(=O)OC(CO)COC(=O)CCCCCCCCCCCCCC. The standard InChI is InChI=1S/C36H68O5/c1-3-5-7-9-11-13-15-17-18-19-21-23-25-27-29-31-36(39)41-34(32-37)33-40-35(38)30-28-26-24-22-20-16-14-12-10-8-6-4-2/h13,15,34,37H,3-12,14,16-33H2,1-2H3. The van der Waals surface area contributed by atoms with E-state index in [1.165, 1.54) is 122 Å². The van der Waals surface area contributed by atoms with Crippen molar-refractivity contribution in [1.29, 1.82) is 0 Å². The molecule has 0 aliphatic rings.